The number of carbonyl (C=O) groups excluding carboxylic acids is 11. The molecule has 4 rings (SSSR count). The molecule has 3 unspecified atom stereocenters. The highest BCUT2D eigenvalue weighted by atomic mass is 32.2. The summed E-state index contributed by atoms with van der Waals surface area (Å²) in [6.45, 7) is -0.423. The number of phenols is 1. The lowest BCUT2D eigenvalue weighted by atomic mass is 10.0. The normalized spacial score (nSPS) is 21.7. The summed E-state index contributed by atoms with van der Waals surface area (Å²) in [4.78, 5) is 153. The summed E-state index contributed by atoms with van der Waals surface area (Å²) in [6.07, 6.45) is -1.46. The van der Waals surface area contributed by atoms with E-state index in [1.54, 1.807) is 42.5 Å². The van der Waals surface area contributed by atoms with Crippen molar-refractivity contribution in [2.75, 3.05) is 31.1 Å². The SMILES string of the molecule is NC(=O)CCC1NC(=O)C(Cc2ccccc2)NC(=O)[C@H](Cc2ccc(O)cc2)NC(=O)CCSC[C@@H](C(=O)N2CCC[C@H]2C(=O)N[C@H](CCCN=C(N)N)C(=O)NCC(N)=O)NC(=O)C(CC(N)=O)NC1=O. The third-order valence-electron chi connectivity index (χ3n) is 11.5. The Morgan fingerprint density at radius 2 is 1.34 bits per heavy atom. The molecule has 18 N–H and O–H groups in total. The number of likely N-dealkylation sites (tertiary alicyclic amines) is 1. The lowest BCUT2D eigenvalue weighted by Crippen LogP contribution is -2.61. The van der Waals surface area contributed by atoms with Crippen molar-refractivity contribution in [2.45, 2.75) is 107 Å². The van der Waals surface area contributed by atoms with E-state index in [0.717, 1.165) is 11.8 Å². The van der Waals surface area contributed by atoms with Crippen LogP contribution in [-0.4, -0.2) is 154 Å². The van der Waals surface area contributed by atoms with Crippen molar-refractivity contribution in [3.8, 4) is 5.75 Å². The minimum atomic E-state index is -1.78. The van der Waals surface area contributed by atoms with Crippen LogP contribution in [0.5, 0.6) is 5.75 Å². The smallest absolute Gasteiger partial charge is 0.246 e. The highest BCUT2D eigenvalue weighted by molar-refractivity contribution is 7.99. The van der Waals surface area contributed by atoms with E-state index in [1.165, 1.54) is 17.0 Å². The molecule has 0 spiro atoms. The number of nitrogens with two attached hydrogens (primary N) is 5. The van der Waals surface area contributed by atoms with Crippen molar-refractivity contribution in [1.29, 1.82) is 0 Å². The number of nitrogens with one attached hydrogen (secondary N) is 7. The van der Waals surface area contributed by atoms with Crippen molar-refractivity contribution >= 4 is 82.7 Å². The molecule has 27 heteroatoms. The number of amides is 11. The van der Waals surface area contributed by atoms with E-state index >= 15 is 0 Å². The van der Waals surface area contributed by atoms with Gasteiger partial charge in [-0.15, -0.1) is 0 Å². The van der Waals surface area contributed by atoms with Crippen molar-refractivity contribution in [1.82, 2.24) is 42.1 Å². The van der Waals surface area contributed by atoms with Crippen molar-refractivity contribution in [3.63, 3.8) is 0 Å². The molecule has 11 amide bonds. The zero-order valence-electron chi connectivity index (χ0n) is 40.0. The van der Waals surface area contributed by atoms with Gasteiger partial charge >= 0.3 is 0 Å². The predicted molar refractivity (Wildman–Crippen MR) is 265 cm³/mol. The molecule has 2 aliphatic rings. The number of carbonyl (C=O) groups is 11. The van der Waals surface area contributed by atoms with E-state index in [-0.39, 0.29) is 74.8 Å². The third kappa shape index (κ3) is 19.6. The number of nitrogens with zero attached hydrogens (tertiary/aromatic N) is 2. The Balaban J connectivity index is 1.69. The molecule has 0 aliphatic carbocycles. The van der Waals surface area contributed by atoms with Crippen molar-refractivity contribution in [2.24, 2.45) is 33.7 Å². The van der Waals surface area contributed by atoms with Gasteiger partial charge in [0.05, 0.1) is 13.0 Å². The number of guanidine groups is 1. The van der Waals surface area contributed by atoms with Crippen LogP contribution in [0.2, 0.25) is 0 Å². The molecule has 26 nitrogen and oxygen atoms in total. The maximum atomic E-state index is 14.6. The standard InChI is InChI=1S/C46H64N14O12S/c47-35(62)15-14-29-40(67)58-32(22-36(48)63)43(70)59-33(45(72)60-18-5-9-34(60)44(71)56-28(8-4-17-52-46(50)51)39(66)53-23-37(49)64)24-73-19-16-38(65)54-30(21-26-10-12-27(61)13-11-26)41(68)57-31(42(69)55-29)20-25-6-2-1-3-7-25/h1-3,6-7,10-13,28-34,61H,4-5,8-9,14-24H2,(H2,47,62)(H2,48,63)(H2,49,64)(H,53,66)(H,54,65)(H,55,69)(H,56,71)(H,57,68)(H,58,67)(H,59,70)(H4,50,51,52)/t28-,29?,30+,31?,32?,33+,34+/m1/s1. The molecule has 2 heterocycles. The van der Waals surface area contributed by atoms with Gasteiger partial charge < -0.3 is 75.9 Å². The van der Waals surface area contributed by atoms with Gasteiger partial charge in [-0.1, -0.05) is 42.5 Å². The number of benzene rings is 2. The van der Waals surface area contributed by atoms with E-state index < -0.39 is 133 Å². The molecule has 2 fully saturated rings. The minimum Gasteiger partial charge on any atom is -0.508 e. The second-order valence-electron chi connectivity index (χ2n) is 17.3. The Hall–Kier alpha value is -7.97. The zero-order chi connectivity index (χ0) is 53.6. The highest BCUT2D eigenvalue weighted by Gasteiger charge is 2.40. The van der Waals surface area contributed by atoms with Gasteiger partial charge in [-0.3, -0.25) is 57.7 Å². The second-order valence-corrected chi connectivity index (χ2v) is 18.5. The monoisotopic (exact) mass is 1040 g/mol. The Morgan fingerprint density at radius 1 is 0.740 bits per heavy atom. The van der Waals surface area contributed by atoms with Crippen LogP contribution in [0.15, 0.2) is 59.6 Å². The number of phenolic OH excluding ortho intramolecular Hbond substituents is 1. The molecule has 0 radical (unpaired) electrons. The van der Waals surface area contributed by atoms with E-state index in [9.17, 15) is 57.8 Å². The van der Waals surface area contributed by atoms with Gasteiger partial charge in [-0.25, -0.2) is 0 Å². The molecule has 2 aliphatic heterocycles. The molecule has 0 bridgehead atoms. The number of aliphatic imine (C=N–C) groups is 1. The summed E-state index contributed by atoms with van der Waals surface area (Å²) in [5, 5.41) is 27.7. The number of aromatic hydroxyl groups is 1. The van der Waals surface area contributed by atoms with Crippen LogP contribution in [0.1, 0.15) is 62.5 Å². The third-order valence-corrected chi connectivity index (χ3v) is 12.6. The lowest BCUT2D eigenvalue weighted by Gasteiger charge is -2.30. The van der Waals surface area contributed by atoms with Gasteiger partial charge in [-0.2, -0.15) is 11.8 Å². The van der Waals surface area contributed by atoms with Gasteiger partial charge in [0.15, 0.2) is 5.96 Å². The average molecular weight is 1040 g/mol. The molecule has 2 saturated heterocycles. The lowest BCUT2D eigenvalue weighted by molar-refractivity contribution is -0.142. The van der Waals surface area contributed by atoms with E-state index in [0.29, 0.717) is 17.5 Å². The average Bonchev–Trinajstić information content (AvgIpc) is 3.84. The van der Waals surface area contributed by atoms with Gasteiger partial charge in [0.1, 0.15) is 48.0 Å². The maximum absolute atomic E-state index is 14.6. The van der Waals surface area contributed by atoms with Gasteiger partial charge in [0.25, 0.3) is 0 Å². The predicted octanol–water partition coefficient (Wildman–Crippen LogP) is -4.99. The number of hydrogen-bond donors (Lipinski definition) is 13. The first kappa shape index (κ1) is 57.6. The number of primary amides is 3. The van der Waals surface area contributed by atoms with E-state index in [1.807, 2.05) is 0 Å². The van der Waals surface area contributed by atoms with Gasteiger partial charge in [-0.05, 0) is 55.4 Å². The summed E-state index contributed by atoms with van der Waals surface area (Å²) >= 11 is 1.03. The van der Waals surface area contributed by atoms with Gasteiger partial charge in [0.2, 0.25) is 65.0 Å². The maximum Gasteiger partial charge on any atom is 0.246 e. The molecule has 73 heavy (non-hydrogen) atoms. The molecule has 7 atom stereocenters. The fourth-order valence-electron chi connectivity index (χ4n) is 7.84. The van der Waals surface area contributed by atoms with Crippen LogP contribution < -0.4 is 65.9 Å². The number of thioether (sulfide) groups is 1. The first-order valence-electron chi connectivity index (χ1n) is 23.4. The fraction of sp³-hybridized carbons (Fsp3) is 0.478. The second kappa shape index (κ2) is 28.8. The molecule has 0 aromatic heterocycles. The van der Waals surface area contributed by atoms with Crippen molar-refractivity contribution < 1.29 is 57.8 Å². The van der Waals surface area contributed by atoms with Crippen LogP contribution in [0.4, 0.5) is 0 Å². The van der Waals surface area contributed by atoms with Crippen LogP contribution >= 0.6 is 11.8 Å². The summed E-state index contributed by atoms with van der Waals surface area (Å²) < 4.78 is 0. The van der Waals surface area contributed by atoms with Crippen LogP contribution in [0.3, 0.4) is 0 Å². The molecule has 2 aromatic carbocycles. The topological polar surface area (TPSA) is 438 Å². The number of rotatable bonds is 19. The van der Waals surface area contributed by atoms with E-state index in [4.69, 9.17) is 28.7 Å². The molecular formula is C46H64N14O12S. The quantitative estimate of drug-likeness (QED) is 0.0356. The minimum absolute atomic E-state index is 0.00687. The first-order chi connectivity index (χ1) is 34.7. The first-order valence-corrected chi connectivity index (χ1v) is 24.5. The van der Waals surface area contributed by atoms with E-state index in [2.05, 4.69) is 42.2 Å². The summed E-state index contributed by atoms with van der Waals surface area (Å²) in [7, 11) is 0. The Labute approximate surface area is 424 Å². The summed E-state index contributed by atoms with van der Waals surface area (Å²) in [6, 6.07) is 4.40. The Kier molecular flexibility index (Phi) is 22.7. The van der Waals surface area contributed by atoms with Crippen LogP contribution in [0, 0.1) is 0 Å². The Bertz CT molecular complexity index is 2350. The zero-order valence-corrected chi connectivity index (χ0v) is 40.8. The molecule has 396 valence electrons. The van der Waals surface area contributed by atoms with Crippen molar-refractivity contribution in [3.05, 3.63) is 65.7 Å². The number of hydrogen-bond acceptors (Lipinski definition) is 14. The fourth-order valence-corrected chi connectivity index (χ4v) is 8.80. The van der Waals surface area contributed by atoms with Crippen LogP contribution in [0.25, 0.3) is 0 Å². The summed E-state index contributed by atoms with van der Waals surface area (Å²) in [5.74, 6) is -10.0. The molecule has 0 saturated carbocycles. The highest BCUT2D eigenvalue weighted by Crippen LogP contribution is 2.21. The van der Waals surface area contributed by atoms with Gasteiger partial charge in [0, 0.05) is 50.3 Å². The molecular weight excluding hydrogens is 973 g/mol. The Morgan fingerprint density at radius 3 is 1.97 bits per heavy atom. The summed E-state index contributed by atoms with van der Waals surface area (Å²) in [5.41, 5.74) is 28.1. The van der Waals surface area contributed by atoms with Crippen LogP contribution in [-0.2, 0) is 65.6 Å². The molecule has 2 aromatic rings. The largest absolute Gasteiger partial charge is 0.508 e.